The highest BCUT2D eigenvalue weighted by molar-refractivity contribution is 5.98. The molecule has 4 heteroatoms. The molecular formula is C19H23NO3. The van der Waals surface area contributed by atoms with E-state index in [1.54, 1.807) is 25.3 Å². The minimum Gasteiger partial charge on any atom is -0.493 e. The molecule has 0 aliphatic rings. The predicted molar refractivity (Wildman–Crippen MR) is 91.2 cm³/mol. The summed E-state index contributed by atoms with van der Waals surface area (Å²) in [5.41, 5.74) is 1.76. The van der Waals surface area contributed by atoms with Gasteiger partial charge in [0.05, 0.1) is 19.8 Å². The standard InChI is InChI=1S/C19H23NO3/c1-14(12-13-15-8-5-4-6-9-15)20-19(21)16-10-7-11-17(22-2)18(16)23-3/h4-11,14H,12-13H2,1-3H3,(H,20,21)/t14-/m1/s1. The lowest BCUT2D eigenvalue weighted by molar-refractivity contribution is 0.0934. The summed E-state index contributed by atoms with van der Waals surface area (Å²) in [6, 6.07) is 15.6. The molecule has 0 unspecified atom stereocenters. The first-order valence-electron chi connectivity index (χ1n) is 7.71. The monoisotopic (exact) mass is 313 g/mol. The van der Waals surface area contributed by atoms with Gasteiger partial charge in [0.1, 0.15) is 0 Å². The zero-order valence-electron chi connectivity index (χ0n) is 13.8. The van der Waals surface area contributed by atoms with Gasteiger partial charge in [0.25, 0.3) is 5.91 Å². The molecule has 2 aromatic rings. The topological polar surface area (TPSA) is 47.6 Å². The summed E-state index contributed by atoms with van der Waals surface area (Å²) < 4.78 is 10.5. The Hall–Kier alpha value is -2.49. The maximum Gasteiger partial charge on any atom is 0.255 e. The Bertz CT molecular complexity index is 640. The maximum atomic E-state index is 12.5. The molecule has 0 saturated carbocycles. The molecule has 0 heterocycles. The van der Waals surface area contributed by atoms with Crippen LogP contribution in [0.25, 0.3) is 0 Å². The lowest BCUT2D eigenvalue weighted by atomic mass is 10.1. The van der Waals surface area contributed by atoms with E-state index in [0.717, 1.165) is 12.8 Å². The van der Waals surface area contributed by atoms with Crippen molar-refractivity contribution in [3.8, 4) is 11.5 Å². The quantitative estimate of drug-likeness (QED) is 0.851. The normalized spacial score (nSPS) is 11.6. The second kappa shape index (κ2) is 8.22. The first-order chi connectivity index (χ1) is 11.2. The molecule has 1 amide bonds. The van der Waals surface area contributed by atoms with Crippen LogP contribution in [0, 0.1) is 0 Å². The molecular weight excluding hydrogens is 290 g/mol. The Morgan fingerprint density at radius 2 is 1.78 bits per heavy atom. The average Bonchev–Trinajstić information content (AvgIpc) is 2.59. The van der Waals surface area contributed by atoms with Crippen LogP contribution < -0.4 is 14.8 Å². The molecule has 2 rings (SSSR count). The van der Waals surface area contributed by atoms with Crippen LogP contribution in [0.15, 0.2) is 48.5 Å². The molecule has 0 fully saturated rings. The lowest BCUT2D eigenvalue weighted by Crippen LogP contribution is -2.33. The van der Waals surface area contributed by atoms with Gasteiger partial charge in [0.15, 0.2) is 11.5 Å². The second-order valence-corrected chi connectivity index (χ2v) is 5.44. The number of hydrogen-bond acceptors (Lipinski definition) is 3. The molecule has 0 bridgehead atoms. The summed E-state index contributed by atoms with van der Waals surface area (Å²) in [5, 5.41) is 3.02. The molecule has 1 atom stereocenters. The van der Waals surface area contributed by atoms with Gasteiger partial charge in [0, 0.05) is 6.04 Å². The number of carbonyl (C=O) groups excluding carboxylic acids is 1. The zero-order valence-corrected chi connectivity index (χ0v) is 13.8. The van der Waals surface area contributed by atoms with E-state index in [9.17, 15) is 4.79 Å². The van der Waals surface area contributed by atoms with Crippen LogP contribution in [-0.2, 0) is 6.42 Å². The number of rotatable bonds is 7. The highest BCUT2D eigenvalue weighted by Gasteiger charge is 2.17. The van der Waals surface area contributed by atoms with Gasteiger partial charge in [-0.15, -0.1) is 0 Å². The summed E-state index contributed by atoms with van der Waals surface area (Å²) in [6.07, 6.45) is 1.81. The van der Waals surface area contributed by atoms with Gasteiger partial charge in [-0.2, -0.15) is 0 Å². The van der Waals surface area contributed by atoms with E-state index >= 15 is 0 Å². The minimum absolute atomic E-state index is 0.0682. The van der Waals surface area contributed by atoms with Gasteiger partial charge in [-0.1, -0.05) is 36.4 Å². The van der Waals surface area contributed by atoms with Crippen LogP contribution in [0.4, 0.5) is 0 Å². The van der Waals surface area contributed by atoms with E-state index < -0.39 is 0 Å². The average molecular weight is 313 g/mol. The van der Waals surface area contributed by atoms with E-state index in [-0.39, 0.29) is 11.9 Å². The Labute approximate surface area is 137 Å². The fourth-order valence-corrected chi connectivity index (χ4v) is 2.47. The highest BCUT2D eigenvalue weighted by Crippen LogP contribution is 2.30. The van der Waals surface area contributed by atoms with Crippen LogP contribution in [0.1, 0.15) is 29.3 Å². The number of amides is 1. The van der Waals surface area contributed by atoms with Gasteiger partial charge in [0.2, 0.25) is 0 Å². The van der Waals surface area contributed by atoms with Gasteiger partial charge < -0.3 is 14.8 Å². The largest absolute Gasteiger partial charge is 0.493 e. The van der Waals surface area contributed by atoms with Gasteiger partial charge in [-0.3, -0.25) is 4.79 Å². The number of carbonyl (C=O) groups is 1. The van der Waals surface area contributed by atoms with E-state index in [1.165, 1.54) is 12.7 Å². The third kappa shape index (κ3) is 4.49. The van der Waals surface area contributed by atoms with Crippen molar-refractivity contribution in [3.63, 3.8) is 0 Å². The summed E-state index contributed by atoms with van der Waals surface area (Å²) in [6.45, 7) is 2.01. The van der Waals surface area contributed by atoms with Crippen molar-refractivity contribution < 1.29 is 14.3 Å². The molecule has 0 aliphatic carbocycles. The third-order valence-electron chi connectivity index (χ3n) is 3.73. The molecule has 2 aromatic carbocycles. The van der Waals surface area contributed by atoms with Crippen molar-refractivity contribution in [2.45, 2.75) is 25.8 Å². The van der Waals surface area contributed by atoms with Gasteiger partial charge in [-0.05, 0) is 37.5 Å². The SMILES string of the molecule is COc1cccc(C(=O)N[C@H](C)CCc2ccccc2)c1OC. The Morgan fingerprint density at radius 1 is 1.04 bits per heavy atom. The number of benzene rings is 2. The van der Waals surface area contributed by atoms with E-state index in [4.69, 9.17) is 9.47 Å². The Morgan fingerprint density at radius 3 is 2.43 bits per heavy atom. The van der Waals surface area contributed by atoms with Crippen molar-refractivity contribution in [1.82, 2.24) is 5.32 Å². The number of hydrogen-bond donors (Lipinski definition) is 1. The van der Waals surface area contributed by atoms with E-state index in [1.807, 2.05) is 25.1 Å². The summed E-state index contributed by atoms with van der Waals surface area (Å²) in [4.78, 5) is 12.5. The fraction of sp³-hybridized carbons (Fsp3) is 0.316. The van der Waals surface area contributed by atoms with Crippen LogP contribution >= 0.6 is 0 Å². The van der Waals surface area contributed by atoms with Crippen molar-refractivity contribution in [3.05, 3.63) is 59.7 Å². The van der Waals surface area contributed by atoms with Crippen LogP contribution in [0.2, 0.25) is 0 Å². The molecule has 1 N–H and O–H groups in total. The Kier molecular flexibility index (Phi) is 6.03. The fourth-order valence-electron chi connectivity index (χ4n) is 2.47. The first-order valence-corrected chi connectivity index (χ1v) is 7.71. The van der Waals surface area contributed by atoms with Crippen molar-refractivity contribution in [2.75, 3.05) is 14.2 Å². The lowest BCUT2D eigenvalue weighted by Gasteiger charge is -2.16. The van der Waals surface area contributed by atoms with Crippen LogP contribution in [0.5, 0.6) is 11.5 Å². The maximum absolute atomic E-state index is 12.5. The van der Waals surface area contributed by atoms with Crippen LogP contribution in [0.3, 0.4) is 0 Å². The van der Waals surface area contributed by atoms with Crippen molar-refractivity contribution in [1.29, 1.82) is 0 Å². The summed E-state index contributed by atoms with van der Waals surface area (Å²) >= 11 is 0. The molecule has 122 valence electrons. The van der Waals surface area contributed by atoms with Gasteiger partial charge >= 0.3 is 0 Å². The molecule has 0 aromatic heterocycles. The number of para-hydroxylation sites is 1. The van der Waals surface area contributed by atoms with Gasteiger partial charge in [-0.25, -0.2) is 0 Å². The molecule has 0 spiro atoms. The molecule has 0 saturated heterocycles. The van der Waals surface area contributed by atoms with E-state index in [2.05, 4.69) is 17.4 Å². The summed E-state index contributed by atoms with van der Waals surface area (Å²) in [5.74, 6) is 0.862. The highest BCUT2D eigenvalue weighted by atomic mass is 16.5. The molecule has 4 nitrogen and oxygen atoms in total. The molecule has 0 radical (unpaired) electrons. The van der Waals surface area contributed by atoms with E-state index in [0.29, 0.717) is 17.1 Å². The first kappa shape index (κ1) is 16.9. The predicted octanol–water partition coefficient (Wildman–Crippen LogP) is 3.45. The number of methoxy groups -OCH3 is 2. The molecule has 23 heavy (non-hydrogen) atoms. The van der Waals surface area contributed by atoms with Crippen molar-refractivity contribution >= 4 is 5.91 Å². The second-order valence-electron chi connectivity index (χ2n) is 5.44. The zero-order chi connectivity index (χ0) is 16.7. The number of nitrogens with one attached hydrogen (secondary N) is 1. The Balaban J connectivity index is 1.98. The van der Waals surface area contributed by atoms with Crippen molar-refractivity contribution in [2.24, 2.45) is 0 Å². The minimum atomic E-state index is -0.152. The summed E-state index contributed by atoms with van der Waals surface area (Å²) in [7, 11) is 3.09. The molecule has 0 aliphatic heterocycles. The van der Waals surface area contributed by atoms with Crippen LogP contribution in [-0.4, -0.2) is 26.2 Å². The smallest absolute Gasteiger partial charge is 0.255 e. The third-order valence-corrected chi connectivity index (χ3v) is 3.73. The number of ether oxygens (including phenoxy) is 2. The number of aryl methyl sites for hydroxylation is 1.